The third-order valence-electron chi connectivity index (χ3n) is 4.41. The zero-order chi connectivity index (χ0) is 18.6. The molecule has 3 aromatic rings. The van der Waals surface area contributed by atoms with E-state index >= 15 is 0 Å². The predicted molar refractivity (Wildman–Crippen MR) is 94.2 cm³/mol. The van der Waals surface area contributed by atoms with Gasteiger partial charge < -0.3 is 31.5 Å². The summed E-state index contributed by atoms with van der Waals surface area (Å²) in [5, 5.41) is 31.2. The molecule has 138 valence electrons. The van der Waals surface area contributed by atoms with Crippen LogP contribution in [0.4, 0.5) is 11.6 Å². The lowest BCUT2D eigenvalue weighted by Gasteiger charge is -2.18. The quantitative estimate of drug-likeness (QED) is 0.275. The molecule has 3 aromatic heterocycles. The van der Waals surface area contributed by atoms with Crippen molar-refractivity contribution in [3.05, 3.63) is 6.33 Å². The van der Waals surface area contributed by atoms with Gasteiger partial charge in [0.25, 0.3) is 0 Å². The van der Waals surface area contributed by atoms with E-state index in [1.165, 1.54) is 22.7 Å². The van der Waals surface area contributed by atoms with Crippen LogP contribution in [0.2, 0.25) is 0 Å². The van der Waals surface area contributed by atoms with Gasteiger partial charge in [0, 0.05) is 0 Å². The van der Waals surface area contributed by atoms with E-state index < -0.39 is 31.1 Å². The smallest absolute Gasteiger partial charge is 0.191 e. The Hall–Kier alpha value is -2.25. The standard InChI is InChI=1S/C14H17N7O4S/c1-26-14-19-10(16)6-5-9(15)17-3-18-11(5)21(12(6)20-14)13-8(24)7(23)4(2-22)25-13/h3-4,7-8,13,22-24H,2H2,1H3,(H2,15,17,18)(H2,16,19,20). The third kappa shape index (κ3) is 2.30. The van der Waals surface area contributed by atoms with E-state index in [1.807, 2.05) is 0 Å². The number of hydrogen-bond donors (Lipinski definition) is 5. The number of aliphatic hydroxyl groups excluding tert-OH is 3. The first-order valence-electron chi connectivity index (χ1n) is 7.72. The average molecular weight is 379 g/mol. The average Bonchev–Trinajstić information content (AvgIpc) is 3.11. The van der Waals surface area contributed by atoms with E-state index in [1.54, 1.807) is 6.26 Å². The van der Waals surface area contributed by atoms with Gasteiger partial charge in [-0.05, 0) is 6.26 Å². The number of fused-ring (bicyclic) bond motifs is 3. The highest BCUT2D eigenvalue weighted by molar-refractivity contribution is 7.98. The molecule has 0 radical (unpaired) electrons. The Balaban J connectivity index is 2.07. The number of nitrogen functional groups attached to an aromatic ring is 2. The highest BCUT2D eigenvalue weighted by Gasteiger charge is 2.45. The van der Waals surface area contributed by atoms with E-state index in [4.69, 9.17) is 16.2 Å². The summed E-state index contributed by atoms with van der Waals surface area (Å²) in [6.07, 6.45) is -1.49. The van der Waals surface area contributed by atoms with Crippen LogP contribution in [0.25, 0.3) is 22.1 Å². The van der Waals surface area contributed by atoms with Gasteiger partial charge in [0.2, 0.25) is 0 Å². The number of aromatic nitrogens is 5. The van der Waals surface area contributed by atoms with E-state index in [2.05, 4.69) is 19.9 Å². The monoisotopic (exact) mass is 379 g/mol. The van der Waals surface area contributed by atoms with Crippen LogP contribution in [0.1, 0.15) is 6.23 Å². The lowest BCUT2D eigenvalue weighted by Crippen LogP contribution is -2.33. The van der Waals surface area contributed by atoms with Gasteiger partial charge in [-0.15, -0.1) is 0 Å². The van der Waals surface area contributed by atoms with Crippen LogP contribution in [-0.2, 0) is 4.74 Å². The van der Waals surface area contributed by atoms with Gasteiger partial charge in [-0.3, -0.25) is 4.57 Å². The Kier molecular flexibility index (Phi) is 4.08. The molecule has 0 bridgehead atoms. The zero-order valence-corrected chi connectivity index (χ0v) is 14.5. The van der Waals surface area contributed by atoms with Crippen LogP contribution in [0.15, 0.2) is 11.5 Å². The minimum Gasteiger partial charge on any atom is -0.394 e. The van der Waals surface area contributed by atoms with Crippen molar-refractivity contribution >= 4 is 45.5 Å². The molecule has 26 heavy (non-hydrogen) atoms. The first-order chi connectivity index (χ1) is 12.5. The molecule has 4 atom stereocenters. The summed E-state index contributed by atoms with van der Waals surface area (Å²) in [5.41, 5.74) is 12.8. The van der Waals surface area contributed by atoms with Crippen molar-refractivity contribution in [2.24, 2.45) is 0 Å². The van der Waals surface area contributed by atoms with E-state index in [-0.39, 0.29) is 11.6 Å². The van der Waals surface area contributed by atoms with Gasteiger partial charge in [0.15, 0.2) is 17.0 Å². The molecule has 1 aliphatic rings. The summed E-state index contributed by atoms with van der Waals surface area (Å²) in [6, 6.07) is 0. The Labute approximate surface area is 151 Å². The predicted octanol–water partition coefficient (Wildman–Crippen LogP) is -1.13. The first kappa shape index (κ1) is 17.2. The highest BCUT2D eigenvalue weighted by atomic mass is 32.2. The van der Waals surface area contributed by atoms with Crippen molar-refractivity contribution in [2.75, 3.05) is 24.3 Å². The fraction of sp³-hybridized carbons (Fsp3) is 0.429. The second kappa shape index (κ2) is 6.17. The van der Waals surface area contributed by atoms with Crippen LogP contribution in [0.5, 0.6) is 0 Å². The summed E-state index contributed by atoms with van der Waals surface area (Å²) in [7, 11) is 0. The fourth-order valence-corrected chi connectivity index (χ4v) is 3.56. The number of rotatable bonds is 3. The molecular weight excluding hydrogens is 362 g/mol. The molecule has 1 saturated heterocycles. The number of anilines is 2. The third-order valence-corrected chi connectivity index (χ3v) is 4.96. The molecule has 0 spiro atoms. The number of aliphatic hydroxyl groups is 3. The molecule has 1 fully saturated rings. The maximum Gasteiger partial charge on any atom is 0.191 e. The van der Waals surface area contributed by atoms with E-state index in [0.717, 1.165) is 0 Å². The van der Waals surface area contributed by atoms with Crippen LogP contribution < -0.4 is 11.5 Å². The van der Waals surface area contributed by atoms with Crippen molar-refractivity contribution in [1.82, 2.24) is 24.5 Å². The summed E-state index contributed by atoms with van der Waals surface area (Å²) >= 11 is 1.29. The second-order valence-electron chi connectivity index (χ2n) is 5.85. The molecule has 7 N–H and O–H groups in total. The minimum absolute atomic E-state index is 0.178. The summed E-state index contributed by atoms with van der Waals surface area (Å²) in [4.78, 5) is 16.9. The largest absolute Gasteiger partial charge is 0.394 e. The topological polar surface area (TPSA) is 178 Å². The Bertz CT molecular complexity index is 996. The molecule has 0 aliphatic carbocycles. The van der Waals surface area contributed by atoms with Gasteiger partial charge in [0.1, 0.15) is 41.9 Å². The van der Waals surface area contributed by atoms with Crippen molar-refractivity contribution in [1.29, 1.82) is 0 Å². The number of thioether (sulfide) groups is 1. The summed E-state index contributed by atoms with van der Waals surface area (Å²) in [6.45, 7) is -0.448. The van der Waals surface area contributed by atoms with E-state index in [0.29, 0.717) is 27.2 Å². The molecule has 0 amide bonds. The minimum atomic E-state index is -1.31. The Morgan fingerprint density at radius 3 is 2.50 bits per heavy atom. The molecule has 12 heteroatoms. The normalized spacial score (nSPS) is 26.2. The van der Waals surface area contributed by atoms with Crippen LogP contribution >= 0.6 is 11.8 Å². The Morgan fingerprint density at radius 2 is 1.85 bits per heavy atom. The number of ether oxygens (including phenoxy) is 1. The maximum absolute atomic E-state index is 10.5. The van der Waals surface area contributed by atoms with Crippen LogP contribution in [-0.4, -0.2) is 71.0 Å². The van der Waals surface area contributed by atoms with Crippen molar-refractivity contribution in [3.8, 4) is 0 Å². The highest BCUT2D eigenvalue weighted by Crippen LogP contribution is 2.39. The van der Waals surface area contributed by atoms with Gasteiger partial charge in [-0.1, -0.05) is 11.8 Å². The second-order valence-corrected chi connectivity index (χ2v) is 6.62. The molecule has 0 aromatic carbocycles. The summed E-state index contributed by atoms with van der Waals surface area (Å²) in [5.74, 6) is 0.369. The van der Waals surface area contributed by atoms with Crippen LogP contribution in [0, 0.1) is 0 Å². The SMILES string of the molecule is CSc1nc(N)c2c3c(N)ncnc3n(C3OC(CO)C(O)C3O)c2n1. The van der Waals surface area contributed by atoms with Crippen molar-refractivity contribution in [2.45, 2.75) is 29.7 Å². The van der Waals surface area contributed by atoms with Crippen LogP contribution in [0.3, 0.4) is 0 Å². The van der Waals surface area contributed by atoms with Gasteiger partial charge >= 0.3 is 0 Å². The number of hydrogen-bond acceptors (Lipinski definition) is 11. The number of nitrogens with zero attached hydrogens (tertiary/aromatic N) is 5. The molecule has 11 nitrogen and oxygen atoms in total. The zero-order valence-electron chi connectivity index (χ0n) is 13.6. The lowest BCUT2D eigenvalue weighted by molar-refractivity contribution is -0.0492. The molecule has 1 aliphatic heterocycles. The molecule has 4 rings (SSSR count). The Morgan fingerprint density at radius 1 is 1.12 bits per heavy atom. The molecule has 0 saturated carbocycles. The van der Waals surface area contributed by atoms with Gasteiger partial charge in [-0.25, -0.2) is 19.9 Å². The van der Waals surface area contributed by atoms with Crippen molar-refractivity contribution < 1.29 is 20.1 Å². The molecule has 4 heterocycles. The lowest BCUT2D eigenvalue weighted by atomic mass is 10.1. The molecular formula is C14H17N7O4S. The first-order valence-corrected chi connectivity index (χ1v) is 8.94. The van der Waals surface area contributed by atoms with Gasteiger partial charge in [0.05, 0.1) is 17.4 Å². The van der Waals surface area contributed by atoms with Crippen molar-refractivity contribution in [3.63, 3.8) is 0 Å². The van der Waals surface area contributed by atoms with Gasteiger partial charge in [-0.2, -0.15) is 0 Å². The maximum atomic E-state index is 10.5. The summed E-state index contributed by atoms with van der Waals surface area (Å²) < 4.78 is 7.16. The van der Waals surface area contributed by atoms with E-state index in [9.17, 15) is 15.3 Å². The molecule has 4 unspecified atom stereocenters. The fourth-order valence-electron chi connectivity index (χ4n) is 3.20. The number of nitrogens with two attached hydrogens (primary N) is 2.